The Morgan fingerprint density at radius 3 is 2.32 bits per heavy atom. The average molecular weight is 456 g/mol. The SMILES string of the molecule is Cc1ccc(CN2CCC(CN=C(N)N3CCCCC3)CC2)cc1.I. The molecule has 0 radical (unpaired) electrons. The molecule has 25 heavy (non-hydrogen) atoms. The Morgan fingerprint density at radius 1 is 1.04 bits per heavy atom. The first-order chi connectivity index (χ1) is 11.7. The number of piperidine rings is 2. The molecular formula is C20H33IN4. The van der Waals surface area contributed by atoms with Crippen LogP contribution in [-0.4, -0.2) is 48.5 Å². The quantitative estimate of drug-likeness (QED) is 0.428. The van der Waals surface area contributed by atoms with E-state index in [9.17, 15) is 0 Å². The predicted molar refractivity (Wildman–Crippen MR) is 117 cm³/mol. The smallest absolute Gasteiger partial charge is 0.191 e. The predicted octanol–water partition coefficient (Wildman–Crippen LogP) is 3.63. The van der Waals surface area contributed by atoms with Crippen molar-refractivity contribution in [2.45, 2.75) is 45.6 Å². The Hall–Kier alpha value is -0.820. The summed E-state index contributed by atoms with van der Waals surface area (Å²) in [6.07, 6.45) is 6.33. The molecule has 0 aromatic heterocycles. The summed E-state index contributed by atoms with van der Waals surface area (Å²) in [5, 5.41) is 0. The topological polar surface area (TPSA) is 44.9 Å². The molecule has 2 N–H and O–H groups in total. The van der Waals surface area contributed by atoms with E-state index in [4.69, 9.17) is 10.7 Å². The number of halogens is 1. The highest BCUT2D eigenvalue weighted by Gasteiger charge is 2.19. The molecule has 0 bridgehead atoms. The van der Waals surface area contributed by atoms with Crippen LogP contribution in [0.25, 0.3) is 0 Å². The van der Waals surface area contributed by atoms with E-state index in [2.05, 4.69) is 41.0 Å². The Morgan fingerprint density at radius 2 is 1.68 bits per heavy atom. The maximum atomic E-state index is 6.17. The van der Waals surface area contributed by atoms with E-state index in [0.29, 0.717) is 5.92 Å². The minimum Gasteiger partial charge on any atom is -0.370 e. The van der Waals surface area contributed by atoms with Gasteiger partial charge in [-0.15, -0.1) is 24.0 Å². The van der Waals surface area contributed by atoms with E-state index in [1.54, 1.807) is 0 Å². The summed E-state index contributed by atoms with van der Waals surface area (Å²) in [4.78, 5) is 9.52. The van der Waals surface area contributed by atoms with Gasteiger partial charge in [0.15, 0.2) is 5.96 Å². The molecule has 2 aliphatic rings. The van der Waals surface area contributed by atoms with Crippen molar-refractivity contribution in [1.82, 2.24) is 9.80 Å². The molecule has 1 aromatic rings. The number of nitrogens with zero attached hydrogens (tertiary/aromatic N) is 3. The van der Waals surface area contributed by atoms with Crippen molar-refractivity contribution in [3.63, 3.8) is 0 Å². The van der Waals surface area contributed by atoms with Crippen LogP contribution in [0.2, 0.25) is 0 Å². The fourth-order valence-corrected chi connectivity index (χ4v) is 3.72. The molecule has 3 rings (SSSR count). The second kappa shape index (κ2) is 10.4. The third-order valence-corrected chi connectivity index (χ3v) is 5.43. The monoisotopic (exact) mass is 456 g/mol. The molecular weight excluding hydrogens is 423 g/mol. The van der Waals surface area contributed by atoms with Crippen LogP contribution in [0.1, 0.15) is 43.2 Å². The maximum Gasteiger partial charge on any atom is 0.191 e. The molecule has 1 aromatic carbocycles. The van der Waals surface area contributed by atoms with Gasteiger partial charge in [-0.25, -0.2) is 0 Å². The molecule has 140 valence electrons. The molecule has 5 heteroatoms. The third-order valence-electron chi connectivity index (χ3n) is 5.43. The first kappa shape index (κ1) is 20.5. The molecule has 2 heterocycles. The summed E-state index contributed by atoms with van der Waals surface area (Å²) in [5.41, 5.74) is 8.93. The first-order valence-electron chi connectivity index (χ1n) is 9.53. The zero-order valence-electron chi connectivity index (χ0n) is 15.5. The summed E-state index contributed by atoms with van der Waals surface area (Å²) in [6, 6.07) is 8.93. The highest BCUT2D eigenvalue weighted by molar-refractivity contribution is 14.0. The van der Waals surface area contributed by atoms with Crippen molar-refractivity contribution in [2.75, 3.05) is 32.7 Å². The van der Waals surface area contributed by atoms with E-state index in [0.717, 1.165) is 32.1 Å². The second-order valence-corrected chi connectivity index (χ2v) is 7.45. The van der Waals surface area contributed by atoms with E-state index < -0.39 is 0 Å². The zero-order chi connectivity index (χ0) is 16.8. The van der Waals surface area contributed by atoms with Gasteiger partial charge in [-0.1, -0.05) is 29.8 Å². The normalized spacial score (nSPS) is 20.4. The van der Waals surface area contributed by atoms with Gasteiger partial charge < -0.3 is 10.6 Å². The van der Waals surface area contributed by atoms with Gasteiger partial charge in [0, 0.05) is 26.2 Å². The Labute approximate surface area is 169 Å². The van der Waals surface area contributed by atoms with Crippen LogP contribution >= 0.6 is 24.0 Å². The highest BCUT2D eigenvalue weighted by Crippen LogP contribution is 2.20. The number of aryl methyl sites for hydroxylation is 1. The molecule has 0 amide bonds. The molecule has 0 atom stereocenters. The van der Waals surface area contributed by atoms with Gasteiger partial charge in [0.05, 0.1) is 0 Å². The van der Waals surface area contributed by atoms with Gasteiger partial charge in [-0.3, -0.25) is 9.89 Å². The van der Waals surface area contributed by atoms with Crippen LogP contribution in [0.15, 0.2) is 29.3 Å². The van der Waals surface area contributed by atoms with E-state index in [-0.39, 0.29) is 24.0 Å². The minimum absolute atomic E-state index is 0. The summed E-state index contributed by atoms with van der Waals surface area (Å²) in [5.74, 6) is 1.47. The summed E-state index contributed by atoms with van der Waals surface area (Å²) in [6.45, 7) is 8.66. The number of aliphatic imine (C=N–C) groups is 1. The van der Waals surface area contributed by atoms with Crippen LogP contribution < -0.4 is 5.73 Å². The zero-order valence-corrected chi connectivity index (χ0v) is 17.8. The fourth-order valence-electron chi connectivity index (χ4n) is 3.72. The lowest BCUT2D eigenvalue weighted by molar-refractivity contribution is 0.180. The number of hydrogen-bond acceptors (Lipinski definition) is 2. The van der Waals surface area contributed by atoms with E-state index in [1.165, 1.54) is 56.3 Å². The summed E-state index contributed by atoms with van der Waals surface area (Å²) >= 11 is 0. The van der Waals surface area contributed by atoms with Crippen molar-refractivity contribution in [3.8, 4) is 0 Å². The van der Waals surface area contributed by atoms with Crippen LogP contribution in [0.4, 0.5) is 0 Å². The van der Waals surface area contributed by atoms with Crippen LogP contribution in [-0.2, 0) is 6.54 Å². The Kier molecular flexibility index (Phi) is 8.49. The van der Waals surface area contributed by atoms with E-state index >= 15 is 0 Å². The summed E-state index contributed by atoms with van der Waals surface area (Å²) < 4.78 is 0. The van der Waals surface area contributed by atoms with Crippen molar-refractivity contribution in [2.24, 2.45) is 16.6 Å². The molecule has 2 aliphatic heterocycles. The number of hydrogen-bond donors (Lipinski definition) is 1. The lowest BCUT2D eigenvalue weighted by Gasteiger charge is -2.32. The van der Waals surface area contributed by atoms with Crippen molar-refractivity contribution >= 4 is 29.9 Å². The molecule has 0 spiro atoms. The van der Waals surface area contributed by atoms with Crippen molar-refractivity contribution in [3.05, 3.63) is 35.4 Å². The van der Waals surface area contributed by atoms with Gasteiger partial charge in [0.1, 0.15) is 0 Å². The lowest BCUT2D eigenvalue weighted by atomic mass is 9.96. The minimum atomic E-state index is 0. The van der Waals surface area contributed by atoms with E-state index in [1.807, 2.05) is 0 Å². The lowest BCUT2D eigenvalue weighted by Crippen LogP contribution is -2.41. The van der Waals surface area contributed by atoms with Crippen LogP contribution in [0, 0.1) is 12.8 Å². The van der Waals surface area contributed by atoms with Gasteiger partial charge in [-0.2, -0.15) is 0 Å². The molecule has 4 nitrogen and oxygen atoms in total. The summed E-state index contributed by atoms with van der Waals surface area (Å²) in [7, 11) is 0. The second-order valence-electron chi connectivity index (χ2n) is 7.45. The number of benzene rings is 1. The Balaban J connectivity index is 0.00000225. The van der Waals surface area contributed by atoms with Crippen LogP contribution in [0.5, 0.6) is 0 Å². The number of rotatable bonds is 4. The highest BCUT2D eigenvalue weighted by atomic mass is 127. The number of likely N-dealkylation sites (tertiary alicyclic amines) is 2. The van der Waals surface area contributed by atoms with Gasteiger partial charge in [0.2, 0.25) is 0 Å². The Bertz CT molecular complexity index is 529. The molecule has 0 unspecified atom stereocenters. The molecule has 2 fully saturated rings. The van der Waals surface area contributed by atoms with Gasteiger partial charge in [0.25, 0.3) is 0 Å². The number of nitrogens with two attached hydrogens (primary N) is 1. The van der Waals surface area contributed by atoms with Gasteiger partial charge in [-0.05, 0) is 63.6 Å². The number of guanidine groups is 1. The molecule has 2 saturated heterocycles. The van der Waals surface area contributed by atoms with Crippen molar-refractivity contribution in [1.29, 1.82) is 0 Å². The van der Waals surface area contributed by atoms with Gasteiger partial charge >= 0.3 is 0 Å². The molecule has 0 saturated carbocycles. The standard InChI is InChI=1S/C20H32N4.HI/c1-17-5-7-19(8-6-17)16-23-13-9-18(10-14-23)15-22-20(21)24-11-3-2-4-12-24;/h5-8,18H,2-4,9-16H2,1H3,(H2,21,22);1H. The first-order valence-corrected chi connectivity index (χ1v) is 9.53. The van der Waals surface area contributed by atoms with Crippen molar-refractivity contribution < 1.29 is 0 Å². The average Bonchev–Trinajstić information content (AvgIpc) is 2.63. The fraction of sp³-hybridized carbons (Fsp3) is 0.650. The largest absolute Gasteiger partial charge is 0.370 e. The molecule has 0 aliphatic carbocycles. The van der Waals surface area contributed by atoms with Crippen LogP contribution in [0.3, 0.4) is 0 Å². The third kappa shape index (κ3) is 6.44. The maximum absolute atomic E-state index is 6.17.